The van der Waals surface area contributed by atoms with E-state index in [1.807, 2.05) is 17.5 Å². The third-order valence-electron chi connectivity index (χ3n) is 1.34. The topological polar surface area (TPSA) is 59.2 Å². The Morgan fingerprint density at radius 3 is 3.08 bits per heavy atom. The molecule has 2 aromatic rings. The van der Waals surface area contributed by atoms with E-state index in [0.29, 0.717) is 11.7 Å². The van der Waals surface area contributed by atoms with Crippen LogP contribution in [0, 0.1) is 0 Å². The highest BCUT2D eigenvalue weighted by atomic mass is 32.1. The van der Waals surface area contributed by atoms with Crippen LogP contribution in [0.4, 0.5) is 0 Å². The Bertz CT molecular complexity index is 355. The highest BCUT2D eigenvalue weighted by molar-refractivity contribution is 7.13. The number of rotatable bonds is 2. The van der Waals surface area contributed by atoms with Crippen LogP contribution in [0.2, 0.25) is 0 Å². The average molecular weight is 182 g/mol. The van der Waals surface area contributed by atoms with E-state index in [4.69, 9.17) is 9.63 Å². The Balaban J connectivity index is 2.35. The second kappa shape index (κ2) is 3.04. The molecule has 0 fully saturated rings. The summed E-state index contributed by atoms with van der Waals surface area (Å²) in [6, 6.07) is 3.79. The Morgan fingerprint density at radius 2 is 2.50 bits per heavy atom. The van der Waals surface area contributed by atoms with Crippen LogP contribution in [0.5, 0.6) is 0 Å². The van der Waals surface area contributed by atoms with Crippen LogP contribution < -0.4 is 0 Å². The van der Waals surface area contributed by atoms with Crippen LogP contribution in [-0.2, 0) is 6.61 Å². The molecule has 5 heteroatoms. The molecule has 0 saturated carbocycles. The maximum Gasteiger partial charge on any atom is 0.268 e. The molecular weight excluding hydrogens is 176 g/mol. The van der Waals surface area contributed by atoms with Gasteiger partial charge >= 0.3 is 0 Å². The van der Waals surface area contributed by atoms with Gasteiger partial charge in [0.2, 0.25) is 0 Å². The first kappa shape index (κ1) is 7.45. The van der Waals surface area contributed by atoms with Gasteiger partial charge in [0.15, 0.2) is 5.82 Å². The van der Waals surface area contributed by atoms with Gasteiger partial charge in [0.25, 0.3) is 5.89 Å². The van der Waals surface area contributed by atoms with Crippen molar-refractivity contribution < 1.29 is 9.63 Å². The van der Waals surface area contributed by atoms with Crippen molar-refractivity contribution in [1.29, 1.82) is 0 Å². The summed E-state index contributed by atoms with van der Waals surface area (Å²) in [5.74, 6) is 0.785. The lowest BCUT2D eigenvalue weighted by molar-refractivity contribution is 0.264. The number of hydrogen-bond acceptors (Lipinski definition) is 5. The molecule has 0 aromatic carbocycles. The summed E-state index contributed by atoms with van der Waals surface area (Å²) < 4.78 is 4.89. The first-order valence-corrected chi connectivity index (χ1v) is 4.25. The second-order valence-corrected chi connectivity index (χ2v) is 3.10. The third kappa shape index (κ3) is 1.24. The number of thiophene rings is 1. The molecule has 0 spiro atoms. The zero-order chi connectivity index (χ0) is 8.39. The predicted octanol–water partition coefficient (Wildman–Crippen LogP) is 1.29. The van der Waals surface area contributed by atoms with Crippen LogP contribution in [0.15, 0.2) is 22.0 Å². The van der Waals surface area contributed by atoms with Gasteiger partial charge in [-0.15, -0.1) is 11.3 Å². The van der Waals surface area contributed by atoms with Gasteiger partial charge in [0.05, 0.1) is 4.88 Å². The van der Waals surface area contributed by atoms with E-state index in [-0.39, 0.29) is 6.61 Å². The molecule has 0 unspecified atom stereocenters. The SMILES string of the molecule is OCc1noc(-c2cccs2)n1. The van der Waals surface area contributed by atoms with Crippen LogP contribution >= 0.6 is 11.3 Å². The minimum absolute atomic E-state index is 0.186. The van der Waals surface area contributed by atoms with Crippen molar-refractivity contribution in [3.05, 3.63) is 23.3 Å². The second-order valence-electron chi connectivity index (χ2n) is 2.15. The van der Waals surface area contributed by atoms with Crippen LogP contribution in [0.1, 0.15) is 5.82 Å². The minimum atomic E-state index is -0.186. The van der Waals surface area contributed by atoms with Crippen molar-refractivity contribution in [3.63, 3.8) is 0 Å². The van der Waals surface area contributed by atoms with Crippen molar-refractivity contribution in [3.8, 4) is 10.8 Å². The van der Waals surface area contributed by atoms with E-state index >= 15 is 0 Å². The van der Waals surface area contributed by atoms with Crippen molar-refractivity contribution in [2.24, 2.45) is 0 Å². The van der Waals surface area contributed by atoms with Crippen LogP contribution in [0.25, 0.3) is 10.8 Å². The molecular formula is C7H6N2O2S. The van der Waals surface area contributed by atoms with Gasteiger partial charge in [-0.3, -0.25) is 0 Å². The molecule has 1 N–H and O–H groups in total. The smallest absolute Gasteiger partial charge is 0.268 e. The van der Waals surface area contributed by atoms with Gasteiger partial charge in [-0.05, 0) is 11.4 Å². The largest absolute Gasteiger partial charge is 0.388 e. The third-order valence-corrected chi connectivity index (χ3v) is 2.20. The zero-order valence-corrected chi connectivity index (χ0v) is 6.91. The van der Waals surface area contributed by atoms with E-state index in [0.717, 1.165) is 4.88 Å². The number of aliphatic hydroxyl groups is 1. The molecule has 0 aliphatic rings. The molecule has 0 atom stereocenters. The summed E-state index contributed by atoms with van der Waals surface area (Å²) in [5, 5.41) is 14.2. The average Bonchev–Trinajstić information content (AvgIpc) is 2.75. The molecule has 2 heterocycles. The Labute approximate surface area is 72.5 Å². The summed E-state index contributed by atoms with van der Waals surface area (Å²) in [6.07, 6.45) is 0. The van der Waals surface area contributed by atoms with Gasteiger partial charge in [0.1, 0.15) is 6.61 Å². The summed E-state index contributed by atoms with van der Waals surface area (Å²) in [6.45, 7) is -0.186. The number of aromatic nitrogens is 2. The number of aliphatic hydroxyl groups excluding tert-OH is 1. The molecule has 4 nitrogen and oxygen atoms in total. The fraction of sp³-hybridized carbons (Fsp3) is 0.143. The molecule has 0 bridgehead atoms. The van der Waals surface area contributed by atoms with E-state index in [1.165, 1.54) is 11.3 Å². The molecule has 0 radical (unpaired) electrons. The summed E-state index contributed by atoms with van der Waals surface area (Å²) in [7, 11) is 0. The summed E-state index contributed by atoms with van der Waals surface area (Å²) in [5.41, 5.74) is 0. The molecule has 0 aliphatic heterocycles. The van der Waals surface area contributed by atoms with Crippen molar-refractivity contribution in [1.82, 2.24) is 10.1 Å². The molecule has 0 amide bonds. The monoisotopic (exact) mass is 182 g/mol. The maximum absolute atomic E-state index is 8.67. The van der Waals surface area contributed by atoms with Crippen molar-refractivity contribution >= 4 is 11.3 Å². The van der Waals surface area contributed by atoms with Gasteiger partial charge in [-0.2, -0.15) is 4.98 Å². The van der Waals surface area contributed by atoms with Gasteiger partial charge in [0, 0.05) is 0 Å². The van der Waals surface area contributed by atoms with Crippen LogP contribution in [-0.4, -0.2) is 15.2 Å². The first-order valence-electron chi connectivity index (χ1n) is 3.37. The Kier molecular flexibility index (Phi) is 1.89. The number of hydrogen-bond donors (Lipinski definition) is 1. The minimum Gasteiger partial charge on any atom is -0.388 e. The molecule has 62 valence electrons. The van der Waals surface area contributed by atoms with E-state index in [1.54, 1.807) is 0 Å². The fourth-order valence-electron chi connectivity index (χ4n) is 0.819. The zero-order valence-electron chi connectivity index (χ0n) is 6.10. The molecule has 2 rings (SSSR count). The summed E-state index contributed by atoms with van der Waals surface area (Å²) in [4.78, 5) is 4.87. The Morgan fingerprint density at radius 1 is 1.58 bits per heavy atom. The highest BCUT2D eigenvalue weighted by Crippen LogP contribution is 2.22. The molecule has 0 saturated heterocycles. The lowest BCUT2D eigenvalue weighted by Gasteiger charge is -1.81. The normalized spacial score (nSPS) is 10.4. The van der Waals surface area contributed by atoms with Crippen molar-refractivity contribution in [2.75, 3.05) is 0 Å². The van der Waals surface area contributed by atoms with Gasteiger partial charge in [-0.1, -0.05) is 11.2 Å². The lowest BCUT2D eigenvalue weighted by atomic mass is 10.5. The quantitative estimate of drug-likeness (QED) is 0.760. The van der Waals surface area contributed by atoms with Gasteiger partial charge < -0.3 is 9.63 Å². The van der Waals surface area contributed by atoms with Crippen LogP contribution in [0.3, 0.4) is 0 Å². The standard InChI is InChI=1S/C7H6N2O2S/c10-4-6-8-7(11-9-6)5-2-1-3-12-5/h1-3,10H,4H2. The molecule has 0 aliphatic carbocycles. The first-order chi connectivity index (χ1) is 5.90. The van der Waals surface area contributed by atoms with E-state index < -0.39 is 0 Å². The predicted molar refractivity (Wildman–Crippen MR) is 43.5 cm³/mol. The molecule has 2 aromatic heterocycles. The number of nitrogens with zero attached hydrogens (tertiary/aromatic N) is 2. The van der Waals surface area contributed by atoms with E-state index in [2.05, 4.69) is 10.1 Å². The summed E-state index contributed by atoms with van der Waals surface area (Å²) >= 11 is 1.52. The molecule has 12 heavy (non-hydrogen) atoms. The Hall–Kier alpha value is -1.20. The maximum atomic E-state index is 8.67. The van der Waals surface area contributed by atoms with E-state index in [9.17, 15) is 0 Å². The van der Waals surface area contributed by atoms with Gasteiger partial charge in [-0.25, -0.2) is 0 Å². The lowest BCUT2D eigenvalue weighted by Crippen LogP contribution is -1.83. The van der Waals surface area contributed by atoms with Crippen molar-refractivity contribution in [2.45, 2.75) is 6.61 Å². The highest BCUT2D eigenvalue weighted by Gasteiger charge is 2.07. The fourth-order valence-corrected chi connectivity index (χ4v) is 1.46.